The molecule has 146 valence electrons. The molecule has 6 rings (SSSR count). The van der Waals surface area contributed by atoms with Crippen LogP contribution in [0.3, 0.4) is 0 Å². The normalized spacial score (nSPS) is 31.1. The first-order valence-corrected chi connectivity index (χ1v) is 9.78. The van der Waals surface area contributed by atoms with Crippen molar-refractivity contribution in [3.05, 3.63) is 71.0 Å². The van der Waals surface area contributed by atoms with Crippen molar-refractivity contribution in [3.63, 3.8) is 0 Å². The van der Waals surface area contributed by atoms with Crippen LogP contribution >= 0.6 is 0 Å². The summed E-state index contributed by atoms with van der Waals surface area (Å²) in [5.41, 5.74) is 0.632. The molecule has 4 heterocycles. The van der Waals surface area contributed by atoms with Crippen LogP contribution < -0.4 is 0 Å². The lowest BCUT2D eigenvalue weighted by Crippen LogP contribution is -2.60. The summed E-state index contributed by atoms with van der Waals surface area (Å²) >= 11 is 0. The van der Waals surface area contributed by atoms with Crippen LogP contribution in [0.2, 0.25) is 0 Å². The number of likely N-dealkylation sites (tertiary alicyclic amines) is 1. The minimum atomic E-state index is -0.610. The van der Waals surface area contributed by atoms with E-state index in [0.29, 0.717) is 18.0 Å². The van der Waals surface area contributed by atoms with Crippen LogP contribution in [-0.4, -0.2) is 47.4 Å². The molecule has 0 radical (unpaired) electrons. The van der Waals surface area contributed by atoms with E-state index in [2.05, 4.69) is 4.90 Å². The summed E-state index contributed by atoms with van der Waals surface area (Å²) < 4.78 is 42.0. The van der Waals surface area contributed by atoms with Gasteiger partial charge in [0.25, 0.3) is 5.91 Å². The smallest absolute Gasteiger partial charge is 0.257 e. The molecule has 6 heteroatoms. The molecule has 0 saturated carbocycles. The van der Waals surface area contributed by atoms with Gasteiger partial charge in [0, 0.05) is 24.6 Å². The van der Waals surface area contributed by atoms with Crippen molar-refractivity contribution in [2.75, 3.05) is 19.6 Å². The summed E-state index contributed by atoms with van der Waals surface area (Å²) in [5.74, 6) is -1.93. The SMILES string of the molecule is O=C(c1ccccc1F)N1C[C@@H](c2cc(F)cc(F)c2)[C@@H]2[C@H]1C1CCN2CC1. The number of nitrogens with zero attached hydrogens (tertiary/aromatic N) is 2. The van der Waals surface area contributed by atoms with Gasteiger partial charge in [-0.1, -0.05) is 12.1 Å². The van der Waals surface area contributed by atoms with Gasteiger partial charge in [0.1, 0.15) is 17.5 Å². The molecule has 3 nitrogen and oxygen atoms in total. The Morgan fingerprint density at radius 1 is 0.929 bits per heavy atom. The topological polar surface area (TPSA) is 23.6 Å². The van der Waals surface area contributed by atoms with Gasteiger partial charge in [-0.05, 0) is 61.7 Å². The second-order valence-corrected chi connectivity index (χ2v) is 8.10. The van der Waals surface area contributed by atoms with E-state index >= 15 is 0 Å². The molecule has 4 saturated heterocycles. The number of hydrogen-bond acceptors (Lipinski definition) is 2. The van der Waals surface area contributed by atoms with E-state index in [0.717, 1.165) is 32.0 Å². The molecule has 4 aliphatic rings. The maximum absolute atomic E-state index is 14.3. The standard InChI is InChI=1S/C22H21F3N2O/c23-15-9-14(10-16(24)11-15)18-12-27(22(28)17-3-1-2-4-19(17)25)20-13-5-7-26(8-6-13)21(18)20/h1-4,9-11,13,18,20-21H,5-8,12H2/t18-,20+,21+/m0/s1. The summed E-state index contributed by atoms with van der Waals surface area (Å²) in [6.45, 7) is 2.21. The Labute approximate surface area is 161 Å². The zero-order chi connectivity index (χ0) is 19.4. The number of carbonyl (C=O) groups excluding carboxylic acids is 1. The van der Waals surface area contributed by atoms with Crippen molar-refractivity contribution >= 4 is 5.91 Å². The van der Waals surface area contributed by atoms with Gasteiger partial charge >= 0.3 is 0 Å². The molecule has 0 N–H and O–H groups in total. The lowest BCUT2D eigenvalue weighted by molar-refractivity contribution is -0.00356. The number of carbonyl (C=O) groups is 1. The van der Waals surface area contributed by atoms with Crippen LogP contribution in [0, 0.1) is 23.4 Å². The quantitative estimate of drug-likeness (QED) is 0.784. The van der Waals surface area contributed by atoms with Gasteiger partial charge < -0.3 is 4.90 Å². The molecule has 1 amide bonds. The number of benzene rings is 2. The van der Waals surface area contributed by atoms with Gasteiger partial charge in [-0.3, -0.25) is 9.69 Å². The van der Waals surface area contributed by atoms with Crippen LogP contribution in [0.25, 0.3) is 0 Å². The molecule has 0 unspecified atom stereocenters. The predicted molar refractivity (Wildman–Crippen MR) is 98.4 cm³/mol. The average Bonchev–Trinajstić information content (AvgIpc) is 3.11. The highest BCUT2D eigenvalue weighted by Crippen LogP contribution is 2.47. The van der Waals surface area contributed by atoms with Gasteiger partial charge in [0.2, 0.25) is 0 Å². The number of piperidine rings is 3. The molecule has 2 aromatic rings. The fourth-order valence-electron chi connectivity index (χ4n) is 5.53. The van der Waals surface area contributed by atoms with E-state index < -0.39 is 17.5 Å². The van der Waals surface area contributed by atoms with Crippen molar-refractivity contribution in [1.29, 1.82) is 0 Å². The highest BCUT2D eigenvalue weighted by Gasteiger charge is 2.54. The highest BCUT2D eigenvalue weighted by atomic mass is 19.1. The third-order valence-corrected chi connectivity index (χ3v) is 6.67. The average molecular weight is 386 g/mol. The maximum atomic E-state index is 14.3. The molecule has 28 heavy (non-hydrogen) atoms. The number of halogens is 3. The third-order valence-electron chi connectivity index (χ3n) is 6.67. The first-order chi connectivity index (χ1) is 13.5. The molecule has 0 spiro atoms. The van der Waals surface area contributed by atoms with E-state index in [-0.39, 0.29) is 29.5 Å². The molecule has 0 aromatic heterocycles. The van der Waals surface area contributed by atoms with Crippen LogP contribution in [0.1, 0.15) is 34.7 Å². The fourth-order valence-corrected chi connectivity index (χ4v) is 5.53. The Hall–Kier alpha value is -2.34. The molecule has 2 bridgehead atoms. The van der Waals surface area contributed by atoms with Crippen LogP contribution in [0.4, 0.5) is 13.2 Å². The van der Waals surface area contributed by atoms with E-state index in [1.165, 1.54) is 24.3 Å². The van der Waals surface area contributed by atoms with Gasteiger partial charge in [-0.25, -0.2) is 13.2 Å². The molecular weight excluding hydrogens is 365 g/mol. The number of fused-ring (bicyclic) bond motifs is 2. The molecule has 4 fully saturated rings. The number of rotatable bonds is 2. The maximum Gasteiger partial charge on any atom is 0.257 e. The zero-order valence-corrected chi connectivity index (χ0v) is 15.3. The lowest BCUT2D eigenvalue weighted by atomic mass is 9.75. The number of hydrogen-bond donors (Lipinski definition) is 0. The van der Waals surface area contributed by atoms with E-state index in [1.807, 2.05) is 0 Å². The number of amides is 1. The fraction of sp³-hybridized carbons (Fsp3) is 0.409. The predicted octanol–water partition coefficient (Wildman–Crippen LogP) is 3.81. The summed E-state index contributed by atoms with van der Waals surface area (Å²) in [4.78, 5) is 17.3. The van der Waals surface area contributed by atoms with Gasteiger partial charge in [-0.15, -0.1) is 0 Å². The minimum absolute atomic E-state index is 0.0180. The van der Waals surface area contributed by atoms with Crippen molar-refractivity contribution in [2.24, 2.45) is 5.92 Å². The minimum Gasteiger partial charge on any atom is -0.333 e. The Morgan fingerprint density at radius 3 is 2.29 bits per heavy atom. The highest BCUT2D eigenvalue weighted by molar-refractivity contribution is 5.95. The van der Waals surface area contributed by atoms with Gasteiger partial charge in [0.05, 0.1) is 11.6 Å². The third kappa shape index (κ3) is 2.73. The van der Waals surface area contributed by atoms with E-state index in [1.54, 1.807) is 17.0 Å². The molecule has 2 aromatic carbocycles. The van der Waals surface area contributed by atoms with Crippen LogP contribution in [0.5, 0.6) is 0 Å². The van der Waals surface area contributed by atoms with Crippen molar-refractivity contribution in [2.45, 2.75) is 30.8 Å². The van der Waals surface area contributed by atoms with Crippen LogP contribution in [-0.2, 0) is 0 Å². The molecular formula is C22H21F3N2O. The Morgan fingerprint density at radius 2 is 1.61 bits per heavy atom. The summed E-state index contributed by atoms with van der Waals surface area (Å²) in [7, 11) is 0. The first-order valence-electron chi connectivity index (χ1n) is 9.78. The second kappa shape index (κ2) is 6.62. The molecule has 4 aliphatic heterocycles. The van der Waals surface area contributed by atoms with Gasteiger partial charge in [-0.2, -0.15) is 0 Å². The summed E-state index contributed by atoms with van der Waals surface area (Å²) in [6.07, 6.45) is 1.99. The second-order valence-electron chi connectivity index (χ2n) is 8.10. The summed E-state index contributed by atoms with van der Waals surface area (Å²) in [6, 6.07) is 9.57. The van der Waals surface area contributed by atoms with Crippen molar-refractivity contribution < 1.29 is 18.0 Å². The largest absolute Gasteiger partial charge is 0.333 e. The molecule has 0 aliphatic carbocycles. The molecule has 3 atom stereocenters. The van der Waals surface area contributed by atoms with Crippen molar-refractivity contribution in [1.82, 2.24) is 9.80 Å². The van der Waals surface area contributed by atoms with Gasteiger partial charge in [0.15, 0.2) is 0 Å². The summed E-state index contributed by atoms with van der Waals surface area (Å²) in [5, 5.41) is 0. The Balaban J connectivity index is 1.56. The Kier molecular flexibility index (Phi) is 4.19. The zero-order valence-electron chi connectivity index (χ0n) is 15.3. The van der Waals surface area contributed by atoms with E-state index in [9.17, 15) is 18.0 Å². The lowest BCUT2D eigenvalue weighted by Gasteiger charge is -2.51. The van der Waals surface area contributed by atoms with Crippen molar-refractivity contribution in [3.8, 4) is 0 Å². The van der Waals surface area contributed by atoms with E-state index in [4.69, 9.17) is 0 Å². The van der Waals surface area contributed by atoms with Crippen LogP contribution in [0.15, 0.2) is 42.5 Å². The first kappa shape index (κ1) is 17.7. The Bertz CT molecular complexity index is 905. The monoisotopic (exact) mass is 386 g/mol.